The molecule has 0 saturated heterocycles. The zero-order chi connectivity index (χ0) is 20.1. The third-order valence-corrected chi connectivity index (χ3v) is 4.99. The summed E-state index contributed by atoms with van der Waals surface area (Å²) < 4.78 is 16.8. The van der Waals surface area contributed by atoms with Gasteiger partial charge in [0.25, 0.3) is 5.91 Å². The third-order valence-electron chi connectivity index (χ3n) is 4.99. The molecule has 0 spiro atoms. The van der Waals surface area contributed by atoms with E-state index in [9.17, 15) is 4.79 Å². The number of quaternary nitrogens is 1. The number of carbonyl (C=O) groups excluding carboxylic acids is 1. The van der Waals surface area contributed by atoms with Crippen molar-refractivity contribution in [3.8, 4) is 11.5 Å². The smallest absolute Gasteiger partial charge is 0.275 e. The Morgan fingerprint density at radius 3 is 2.55 bits per heavy atom. The number of carbonyl (C=O) groups is 1. The van der Waals surface area contributed by atoms with Gasteiger partial charge < -0.3 is 24.5 Å². The number of ether oxygens (including phenoxy) is 2. The molecule has 2 aromatic carbocycles. The topological polar surface area (TPSA) is 77.3 Å². The molecule has 4 rings (SSSR count). The van der Waals surface area contributed by atoms with E-state index in [2.05, 4.69) is 5.32 Å². The van der Waals surface area contributed by atoms with Gasteiger partial charge >= 0.3 is 0 Å². The molecule has 1 aliphatic rings. The van der Waals surface area contributed by atoms with Crippen LogP contribution in [0.3, 0.4) is 0 Å². The average molecular weight is 393 g/mol. The summed E-state index contributed by atoms with van der Waals surface area (Å²) in [6.07, 6.45) is 1.66. The lowest BCUT2D eigenvalue weighted by atomic mass is 10.0. The minimum Gasteiger partial charge on any atom is -0.486 e. The first-order valence-corrected chi connectivity index (χ1v) is 9.81. The first-order valence-electron chi connectivity index (χ1n) is 9.81. The molecule has 6 heteroatoms. The van der Waals surface area contributed by atoms with E-state index in [4.69, 9.17) is 13.9 Å². The largest absolute Gasteiger partial charge is 0.486 e. The van der Waals surface area contributed by atoms with Crippen molar-refractivity contribution in [1.82, 2.24) is 5.32 Å². The summed E-state index contributed by atoms with van der Waals surface area (Å²) >= 11 is 0. The van der Waals surface area contributed by atoms with E-state index in [1.165, 1.54) is 0 Å². The molecule has 6 nitrogen and oxygen atoms in total. The summed E-state index contributed by atoms with van der Waals surface area (Å²) in [5.41, 5.74) is 2.07. The van der Waals surface area contributed by atoms with Gasteiger partial charge in [0, 0.05) is 5.56 Å². The minimum absolute atomic E-state index is 0.0418. The van der Waals surface area contributed by atoms with Crippen molar-refractivity contribution in [2.45, 2.75) is 19.0 Å². The SMILES string of the molecule is C[C@H](NC(=O)C[NH2+][C@H](c1ccccc1)c1ccco1)c1ccc2c(c1)OCCO2. The third kappa shape index (κ3) is 4.60. The molecule has 0 aliphatic carbocycles. The van der Waals surface area contributed by atoms with E-state index >= 15 is 0 Å². The van der Waals surface area contributed by atoms with Crippen molar-refractivity contribution >= 4 is 5.91 Å². The predicted octanol–water partition coefficient (Wildman–Crippen LogP) is 2.58. The molecule has 0 saturated carbocycles. The Kier molecular flexibility index (Phi) is 5.81. The van der Waals surface area contributed by atoms with Gasteiger partial charge in [-0.25, -0.2) is 0 Å². The van der Waals surface area contributed by atoms with Crippen LogP contribution < -0.4 is 20.1 Å². The highest BCUT2D eigenvalue weighted by Gasteiger charge is 2.22. The van der Waals surface area contributed by atoms with Crippen molar-refractivity contribution < 1.29 is 24.0 Å². The lowest BCUT2D eigenvalue weighted by Gasteiger charge is -2.21. The van der Waals surface area contributed by atoms with Crippen LogP contribution in [0.2, 0.25) is 0 Å². The van der Waals surface area contributed by atoms with Crippen LogP contribution in [0.25, 0.3) is 0 Å². The van der Waals surface area contributed by atoms with Crippen molar-refractivity contribution in [1.29, 1.82) is 0 Å². The van der Waals surface area contributed by atoms with Crippen LogP contribution in [0.4, 0.5) is 0 Å². The van der Waals surface area contributed by atoms with Crippen LogP contribution in [-0.4, -0.2) is 25.7 Å². The first-order chi connectivity index (χ1) is 14.2. The fraction of sp³-hybridized carbons (Fsp3) is 0.261. The molecule has 1 aliphatic heterocycles. The van der Waals surface area contributed by atoms with Crippen LogP contribution in [0.1, 0.15) is 35.9 Å². The first kappa shape index (κ1) is 19.1. The van der Waals surface area contributed by atoms with Gasteiger partial charge in [-0.15, -0.1) is 0 Å². The Balaban J connectivity index is 1.38. The normalized spacial score (nSPS) is 14.8. The summed E-state index contributed by atoms with van der Waals surface area (Å²) in [4.78, 5) is 12.6. The Hall–Kier alpha value is -3.25. The molecule has 2 atom stereocenters. The second kappa shape index (κ2) is 8.84. The minimum atomic E-state index is -0.134. The lowest BCUT2D eigenvalue weighted by Crippen LogP contribution is -2.87. The number of hydrogen-bond acceptors (Lipinski definition) is 4. The molecular formula is C23H25N2O4+. The second-order valence-corrected chi connectivity index (χ2v) is 7.04. The van der Waals surface area contributed by atoms with Crippen LogP contribution >= 0.6 is 0 Å². The second-order valence-electron chi connectivity index (χ2n) is 7.04. The maximum atomic E-state index is 12.6. The molecule has 29 heavy (non-hydrogen) atoms. The summed E-state index contributed by atoms with van der Waals surface area (Å²) in [6.45, 7) is 3.35. The molecule has 0 fully saturated rings. The number of nitrogens with two attached hydrogens (primary N) is 1. The molecule has 150 valence electrons. The van der Waals surface area contributed by atoms with Crippen LogP contribution in [-0.2, 0) is 4.79 Å². The lowest BCUT2D eigenvalue weighted by molar-refractivity contribution is -0.678. The molecule has 0 radical (unpaired) electrons. The van der Waals surface area contributed by atoms with Crippen molar-refractivity contribution in [2.75, 3.05) is 19.8 Å². The van der Waals surface area contributed by atoms with Gasteiger partial charge in [0.05, 0.1) is 12.3 Å². The summed E-state index contributed by atoms with van der Waals surface area (Å²) in [6, 6.07) is 19.4. The summed E-state index contributed by atoms with van der Waals surface area (Å²) in [7, 11) is 0. The average Bonchev–Trinajstić information content (AvgIpc) is 3.29. The number of amides is 1. The van der Waals surface area contributed by atoms with E-state index in [0.29, 0.717) is 13.2 Å². The number of benzene rings is 2. The van der Waals surface area contributed by atoms with Crippen molar-refractivity contribution in [3.05, 3.63) is 83.8 Å². The fourth-order valence-electron chi connectivity index (χ4n) is 3.48. The number of furan rings is 1. The van der Waals surface area contributed by atoms with Crippen molar-refractivity contribution in [2.24, 2.45) is 0 Å². The zero-order valence-electron chi connectivity index (χ0n) is 16.3. The van der Waals surface area contributed by atoms with Gasteiger partial charge in [-0.3, -0.25) is 4.79 Å². The maximum absolute atomic E-state index is 12.6. The van der Waals surface area contributed by atoms with E-state index in [1.54, 1.807) is 6.26 Å². The number of rotatable bonds is 7. The van der Waals surface area contributed by atoms with Gasteiger partial charge in [0.1, 0.15) is 13.2 Å². The van der Waals surface area contributed by atoms with E-state index in [1.807, 2.05) is 72.9 Å². The van der Waals surface area contributed by atoms with Gasteiger partial charge in [0.2, 0.25) is 0 Å². The molecule has 1 amide bonds. The van der Waals surface area contributed by atoms with Crippen LogP contribution in [0, 0.1) is 0 Å². The van der Waals surface area contributed by atoms with Gasteiger partial charge in [-0.05, 0) is 36.8 Å². The summed E-state index contributed by atoms with van der Waals surface area (Å²) in [5.74, 6) is 2.25. The Labute approximate surface area is 169 Å². The number of fused-ring (bicyclic) bond motifs is 1. The fourth-order valence-corrected chi connectivity index (χ4v) is 3.48. The molecule has 3 aromatic rings. The molecule has 0 bridgehead atoms. The molecule has 0 unspecified atom stereocenters. The van der Waals surface area contributed by atoms with Gasteiger partial charge in [-0.2, -0.15) is 0 Å². The maximum Gasteiger partial charge on any atom is 0.275 e. The van der Waals surface area contributed by atoms with E-state index in [-0.39, 0.29) is 24.5 Å². The Bertz CT molecular complexity index is 941. The Morgan fingerprint density at radius 2 is 1.79 bits per heavy atom. The highest BCUT2D eigenvalue weighted by Crippen LogP contribution is 2.32. The predicted molar refractivity (Wildman–Crippen MR) is 108 cm³/mol. The van der Waals surface area contributed by atoms with E-state index < -0.39 is 0 Å². The van der Waals surface area contributed by atoms with Crippen LogP contribution in [0.15, 0.2) is 71.3 Å². The number of hydrogen-bond donors (Lipinski definition) is 2. The zero-order valence-corrected chi connectivity index (χ0v) is 16.3. The Morgan fingerprint density at radius 1 is 1.00 bits per heavy atom. The standard InChI is InChI=1S/C23H24N2O4/c1-16(18-9-10-19-21(14-18)29-13-12-28-19)25-22(26)15-24-23(20-8-5-11-27-20)17-6-3-2-4-7-17/h2-11,14,16,23-24H,12-13,15H2,1H3,(H,25,26)/p+1/t16-,23+/m0/s1. The summed E-state index contributed by atoms with van der Waals surface area (Å²) in [5, 5.41) is 5.04. The molecule has 2 heterocycles. The van der Waals surface area contributed by atoms with Crippen LogP contribution in [0.5, 0.6) is 11.5 Å². The van der Waals surface area contributed by atoms with Gasteiger partial charge in [0.15, 0.2) is 29.8 Å². The monoisotopic (exact) mass is 393 g/mol. The molecule has 1 aromatic heterocycles. The highest BCUT2D eigenvalue weighted by molar-refractivity contribution is 5.77. The van der Waals surface area contributed by atoms with Crippen molar-refractivity contribution in [3.63, 3.8) is 0 Å². The quantitative estimate of drug-likeness (QED) is 0.647. The number of nitrogens with one attached hydrogen (secondary N) is 1. The molecule has 3 N–H and O–H groups in total. The highest BCUT2D eigenvalue weighted by atomic mass is 16.6. The molecular weight excluding hydrogens is 368 g/mol. The van der Waals surface area contributed by atoms with Gasteiger partial charge in [-0.1, -0.05) is 36.4 Å². The van der Waals surface area contributed by atoms with E-state index in [0.717, 1.165) is 28.4 Å².